The van der Waals surface area contributed by atoms with Gasteiger partial charge in [-0.3, -0.25) is 0 Å². The first kappa shape index (κ1) is 7.11. The molecule has 0 amide bonds. The molecule has 0 aromatic carbocycles. The quantitative estimate of drug-likeness (QED) is 0.577. The Morgan fingerprint density at radius 3 is 2.60 bits per heavy atom. The van der Waals surface area contributed by atoms with Gasteiger partial charge in [-0.15, -0.1) is 0 Å². The molecule has 0 saturated heterocycles. The molecule has 3 N–H and O–H groups in total. The van der Waals surface area contributed by atoms with E-state index in [1.807, 2.05) is 0 Å². The van der Waals surface area contributed by atoms with E-state index < -0.39 is 0 Å². The van der Waals surface area contributed by atoms with Crippen LogP contribution in [0.15, 0.2) is 18.7 Å². The minimum absolute atomic E-state index is 0.0760. The summed E-state index contributed by atoms with van der Waals surface area (Å²) in [6.07, 6.45) is 4.61. The van der Waals surface area contributed by atoms with Gasteiger partial charge in [-0.1, -0.05) is 0 Å². The summed E-state index contributed by atoms with van der Waals surface area (Å²) in [5, 5.41) is 8.61. The van der Waals surface area contributed by atoms with E-state index in [0.717, 1.165) is 5.56 Å². The maximum absolute atomic E-state index is 8.61. The zero-order valence-corrected chi connectivity index (χ0v) is 5.44. The van der Waals surface area contributed by atoms with Gasteiger partial charge in [0.25, 0.3) is 0 Å². The molecule has 0 bridgehead atoms. The Kier molecular flexibility index (Phi) is 2.30. The van der Waals surface area contributed by atoms with Crippen molar-refractivity contribution < 1.29 is 5.11 Å². The highest BCUT2D eigenvalue weighted by Gasteiger charge is 2.02. The Bertz CT molecular complexity index is 189. The van der Waals surface area contributed by atoms with E-state index in [0.29, 0.717) is 0 Å². The second-order valence-electron chi connectivity index (χ2n) is 1.96. The van der Waals surface area contributed by atoms with Gasteiger partial charge in [-0.2, -0.15) is 0 Å². The number of hydrogen-bond acceptors (Lipinski definition) is 4. The first-order chi connectivity index (χ1) is 4.84. The van der Waals surface area contributed by atoms with Gasteiger partial charge in [0.2, 0.25) is 0 Å². The Morgan fingerprint density at radius 1 is 1.50 bits per heavy atom. The lowest BCUT2D eigenvalue weighted by Crippen LogP contribution is -2.14. The largest absolute Gasteiger partial charge is 0.394 e. The molecular weight excluding hydrogens is 130 g/mol. The van der Waals surface area contributed by atoms with E-state index in [4.69, 9.17) is 10.8 Å². The van der Waals surface area contributed by atoms with Crippen molar-refractivity contribution in [1.29, 1.82) is 0 Å². The fourth-order valence-corrected chi connectivity index (χ4v) is 0.608. The van der Waals surface area contributed by atoms with Crippen LogP contribution in [0.25, 0.3) is 0 Å². The van der Waals surface area contributed by atoms with Crippen LogP contribution < -0.4 is 5.73 Å². The minimum Gasteiger partial charge on any atom is -0.394 e. The smallest absolute Gasteiger partial charge is 0.115 e. The molecule has 1 aromatic heterocycles. The molecular formula is C6H9N3O. The fraction of sp³-hybridized carbons (Fsp3) is 0.333. The highest BCUT2D eigenvalue weighted by atomic mass is 16.3. The van der Waals surface area contributed by atoms with Gasteiger partial charge in [-0.25, -0.2) is 9.97 Å². The zero-order chi connectivity index (χ0) is 7.40. The Hall–Kier alpha value is -1.00. The van der Waals surface area contributed by atoms with Crippen molar-refractivity contribution in [3.63, 3.8) is 0 Å². The Labute approximate surface area is 58.7 Å². The van der Waals surface area contributed by atoms with Gasteiger partial charge in [0.05, 0.1) is 12.6 Å². The van der Waals surface area contributed by atoms with E-state index in [1.54, 1.807) is 12.4 Å². The van der Waals surface area contributed by atoms with E-state index in [1.165, 1.54) is 6.33 Å². The summed E-state index contributed by atoms with van der Waals surface area (Å²) in [7, 11) is 0. The van der Waals surface area contributed by atoms with Crippen LogP contribution in [0.4, 0.5) is 0 Å². The maximum Gasteiger partial charge on any atom is 0.115 e. The van der Waals surface area contributed by atoms with E-state index in [2.05, 4.69) is 9.97 Å². The highest BCUT2D eigenvalue weighted by molar-refractivity contribution is 5.07. The van der Waals surface area contributed by atoms with Crippen LogP contribution in [0.3, 0.4) is 0 Å². The van der Waals surface area contributed by atoms with Gasteiger partial charge in [-0.05, 0) is 0 Å². The van der Waals surface area contributed by atoms with Crippen LogP contribution in [0.2, 0.25) is 0 Å². The molecule has 54 valence electrons. The molecule has 0 spiro atoms. The summed E-state index contributed by atoms with van der Waals surface area (Å²) in [6, 6.07) is -0.360. The standard InChI is InChI=1S/C6H9N3O/c7-6(3-10)5-1-8-4-9-2-5/h1-2,4,6,10H,3,7H2/t6-/m1/s1. The van der Waals surface area contributed by atoms with Gasteiger partial charge in [0.15, 0.2) is 0 Å². The predicted molar refractivity (Wildman–Crippen MR) is 36.0 cm³/mol. The van der Waals surface area contributed by atoms with Gasteiger partial charge >= 0.3 is 0 Å². The molecule has 0 aliphatic rings. The third-order valence-corrected chi connectivity index (χ3v) is 1.21. The number of rotatable bonds is 2. The van der Waals surface area contributed by atoms with E-state index in [-0.39, 0.29) is 12.6 Å². The lowest BCUT2D eigenvalue weighted by Gasteiger charge is -2.04. The second-order valence-corrected chi connectivity index (χ2v) is 1.96. The number of nitrogens with two attached hydrogens (primary N) is 1. The molecule has 10 heavy (non-hydrogen) atoms. The summed E-state index contributed by atoms with van der Waals surface area (Å²) < 4.78 is 0. The zero-order valence-electron chi connectivity index (χ0n) is 5.44. The number of hydrogen-bond donors (Lipinski definition) is 2. The number of aliphatic hydroxyl groups excluding tert-OH is 1. The maximum atomic E-state index is 8.61. The van der Waals surface area contributed by atoms with Crippen molar-refractivity contribution in [2.45, 2.75) is 6.04 Å². The Balaban J connectivity index is 2.75. The fourth-order valence-electron chi connectivity index (χ4n) is 0.608. The van der Waals surface area contributed by atoms with Crippen LogP contribution in [0.1, 0.15) is 11.6 Å². The van der Waals surface area contributed by atoms with E-state index in [9.17, 15) is 0 Å². The van der Waals surface area contributed by atoms with Gasteiger partial charge in [0.1, 0.15) is 6.33 Å². The lowest BCUT2D eigenvalue weighted by atomic mass is 10.2. The molecule has 0 aliphatic heterocycles. The van der Waals surface area contributed by atoms with Crippen molar-refractivity contribution in [2.75, 3.05) is 6.61 Å². The summed E-state index contributed by atoms with van der Waals surface area (Å²) >= 11 is 0. The molecule has 0 aliphatic carbocycles. The van der Waals surface area contributed by atoms with Crippen LogP contribution >= 0.6 is 0 Å². The molecule has 0 fully saturated rings. The lowest BCUT2D eigenvalue weighted by molar-refractivity contribution is 0.267. The van der Waals surface area contributed by atoms with Crippen LogP contribution in [-0.4, -0.2) is 21.7 Å². The molecule has 1 heterocycles. The monoisotopic (exact) mass is 139 g/mol. The van der Waals surface area contributed by atoms with Crippen molar-refractivity contribution >= 4 is 0 Å². The topological polar surface area (TPSA) is 72.0 Å². The van der Waals surface area contributed by atoms with Crippen LogP contribution in [0, 0.1) is 0 Å². The first-order valence-corrected chi connectivity index (χ1v) is 2.96. The Morgan fingerprint density at radius 2 is 2.10 bits per heavy atom. The summed E-state index contributed by atoms with van der Waals surface area (Å²) in [5.74, 6) is 0. The highest BCUT2D eigenvalue weighted by Crippen LogP contribution is 2.03. The average molecular weight is 139 g/mol. The minimum atomic E-state index is -0.360. The second kappa shape index (κ2) is 3.24. The SMILES string of the molecule is N[C@H](CO)c1cncnc1. The van der Waals surface area contributed by atoms with Crippen LogP contribution in [0.5, 0.6) is 0 Å². The summed E-state index contributed by atoms with van der Waals surface area (Å²) in [4.78, 5) is 7.50. The van der Waals surface area contributed by atoms with Crippen molar-refractivity contribution in [3.05, 3.63) is 24.3 Å². The molecule has 1 atom stereocenters. The molecule has 1 aromatic rings. The predicted octanol–water partition coefficient (Wildman–Crippen LogP) is -0.531. The molecule has 4 heteroatoms. The van der Waals surface area contributed by atoms with Gasteiger partial charge < -0.3 is 10.8 Å². The van der Waals surface area contributed by atoms with E-state index >= 15 is 0 Å². The number of aliphatic hydroxyl groups is 1. The number of nitrogens with zero attached hydrogens (tertiary/aromatic N) is 2. The number of aromatic nitrogens is 2. The molecule has 1 rings (SSSR count). The molecule has 4 nitrogen and oxygen atoms in total. The third kappa shape index (κ3) is 1.49. The third-order valence-electron chi connectivity index (χ3n) is 1.21. The summed E-state index contributed by atoms with van der Waals surface area (Å²) in [6.45, 7) is -0.0760. The van der Waals surface area contributed by atoms with Crippen LogP contribution in [-0.2, 0) is 0 Å². The first-order valence-electron chi connectivity index (χ1n) is 2.96. The van der Waals surface area contributed by atoms with Crippen molar-refractivity contribution in [2.24, 2.45) is 5.73 Å². The summed E-state index contributed by atoms with van der Waals surface area (Å²) in [5.41, 5.74) is 6.22. The average Bonchev–Trinajstić information content (AvgIpc) is 2.05. The molecule has 0 radical (unpaired) electrons. The molecule has 0 unspecified atom stereocenters. The van der Waals surface area contributed by atoms with Crippen molar-refractivity contribution in [3.8, 4) is 0 Å². The van der Waals surface area contributed by atoms with Crippen molar-refractivity contribution in [1.82, 2.24) is 9.97 Å². The normalized spacial score (nSPS) is 13.0. The molecule has 0 saturated carbocycles. The van der Waals surface area contributed by atoms with Gasteiger partial charge in [0, 0.05) is 18.0 Å².